The average Bonchev–Trinajstić information content (AvgIpc) is 2.77. The Hall–Kier alpha value is -1.47. The van der Waals surface area contributed by atoms with E-state index in [9.17, 15) is 4.79 Å². The number of amides is 2. The number of primary amides is 1. The summed E-state index contributed by atoms with van der Waals surface area (Å²) in [5.41, 5.74) is 7.16. The summed E-state index contributed by atoms with van der Waals surface area (Å²) in [5, 5.41) is 1.10. The second-order valence-corrected chi connectivity index (χ2v) is 7.90. The highest BCUT2D eigenvalue weighted by Gasteiger charge is 2.20. The van der Waals surface area contributed by atoms with E-state index in [1.54, 1.807) is 11.3 Å². The molecule has 7 heteroatoms. The molecule has 0 saturated heterocycles. The van der Waals surface area contributed by atoms with Gasteiger partial charge in [-0.1, -0.05) is 20.8 Å². The van der Waals surface area contributed by atoms with Crippen LogP contribution < -0.4 is 15.4 Å². The lowest BCUT2D eigenvalue weighted by atomic mass is 9.98. The minimum Gasteiger partial charge on any atom is -0.377 e. The van der Waals surface area contributed by atoms with Crippen LogP contribution in [0.15, 0.2) is 17.0 Å². The molecule has 0 atom stereocenters. The zero-order valence-electron chi connectivity index (χ0n) is 12.9. The summed E-state index contributed by atoms with van der Waals surface area (Å²) >= 11 is 2.91. The van der Waals surface area contributed by atoms with Crippen LogP contribution in [0.2, 0.25) is 0 Å². The van der Waals surface area contributed by atoms with Gasteiger partial charge in [-0.15, -0.1) is 11.3 Å². The quantitative estimate of drug-likeness (QED) is 0.850. The zero-order valence-corrected chi connectivity index (χ0v) is 14.5. The summed E-state index contributed by atoms with van der Waals surface area (Å²) in [6.07, 6.45) is 0. The SMILES string of the molecule is CN(C)c1cc2nc(C(C)(C)C)sc2cc1SNC(N)=O. The first-order valence-electron chi connectivity index (χ1n) is 6.53. The van der Waals surface area contributed by atoms with Gasteiger partial charge < -0.3 is 10.6 Å². The molecule has 5 nitrogen and oxygen atoms in total. The van der Waals surface area contributed by atoms with Gasteiger partial charge in [0.05, 0.1) is 25.8 Å². The molecule has 0 aliphatic heterocycles. The number of rotatable bonds is 3. The van der Waals surface area contributed by atoms with Crippen molar-refractivity contribution in [2.45, 2.75) is 31.1 Å². The Bertz CT molecular complexity index is 673. The molecular formula is C14H20N4OS2. The Kier molecular flexibility index (Phi) is 4.34. The highest BCUT2D eigenvalue weighted by atomic mass is 32.2. The molecule has 0 radical (unpaired) electrons. The van der Waals surface area contributed by atoms with Crippen molar-refractivity contribution in [3.63, 3.8) is 0 Å². The maximum Gasteiger partial charge on any atom is 0.322 e. The van der Waals surface area contributed by atoms with Crippen LogP contribution in [0.25, 0.3) is 10.2 Å². The fraction of sp³-hybridized carbons (Fsp3) is 0.429. The monoisotopic (exact) mass is 324 g/mol. The minimum absolute atomic E-state index is 0.0285. The predicted molar refractivity (Wildman–Crippen MR) is 91.2 cm³/mol. The number of nitrogens with one attached hydrogen (secondary N) is 1. The van der Waals surface area contributed by atoms with E-state index in [-0.39, 0.29) is 5.41 Å². The van der Waals surface area contributed by atoms with Crippen LogP contribution in [0.3, 0.4) is 0 Å². The highest BCUT2D eigenvalue weighted by Crippen LogP contribution is 2.37. The molecule has 0 aliphatic rings. The molecule has 0 spiro atoms. The number of nitrogens with two attached hydrogens (primary N) is 1. The highest BCUT2D eigenvalue weighted by molar-refractivity contribution is 7.98. The number of hydrogen-bond acceptors (Lipinski definition) is 5. The number of aromatic nitrogens is 1. The van der Waals surface area contributed by atoms with Gasteiger partial charge in [0.1, 0.15) is 0 Å². The lowest BCUT2D eigenvalue weighted by Gasteiger charge is -2.16. The molecule has 2 aromatic rings. The number of carbonyl (C=O) groups is 1. The Balaban J connectivity index is 2.51. The number of thiazole rings is 1. The third kappa shape index (κ3) is 3.59. The largest absolute Gasteiger partial charge is 0.377 e. The Morgan fingerprint density at radius 3 is 2.57 bits per heavy atom. The lowest BCUT2D eigenvalue weighted by molar-refractivity contribution is 0.254. The second-order valence-electron chi connectivity index (χ2n) is 6.02. The van der Waals surface area contributed by atoms with Crippen molar-refractivity contribution in [1.29, 1.82) is 0 Å². The molecular weight excluding hydrogens is 304 g/mol. The van der Waals surface area contributed by atoms with Crippen LogP contribution in [0.4, 0.5) is 10.5 Å². The summed E-state index contributed by atoms with van der Waals surface area (Å²) in [5.74, 6) is 0. The molecule has 0 unspecified atom stereocenters. The molecule has 1 aromatic heterocycles. The number of carbonyl (C=O) groups excluding carboxylic acids is 1. The molecule has 0 bridgehead atoms. The Labute approximate surface area is 133 Å². The first-order chi connectivity index (χ1) is 9.68. The van der Waals surface area contributed by atoms with Crippen molar-refractivity contribution in [2.24, 2.45) is 5.73 Å². The first kappa shape index (κ1) is 15.9. The Morgan fingerprint density at radius 1 is 1.38 bits per heavy atom. The van der Waals surface area contributed by atoms with Crippen molar-refractivity contribution in [1.82, 2.24) is 9.71 Å². The predicted octanol–water partition coefficient (Wildman–Crippen LogP) is 3.34. The standard InChI is InChI=1S/C14H20N4OS2/c1-14(2,3)12-16-8-6-9(18(4)5)11(7-10(8)20-12)21-17-13(15)19/h6-7H,1-5H3,(H3,15,17,19). The third-order valence-corrected chi connectivity index (χ3v) is 5.15. The number of fused-ring (bicyclic) bond motifs is 1. The normalized spacial score (nSPS) is 11.7. The van der Waals surface area contributed by atoms with Crippen molar-refractivity contribution < 1.29 is 4.79 Å². The summed E-state index contributed by atoms with van der Waals surface area (Å²) in [7, 11) is 3.93. The van der Waals surface area contributed by atoms with Crippen LogP contribution in [-0.4, -0.2) is 25.1 Å². The van der Waals surface area contributed by atoms with Crippen LogP contribution >= 0.6 is 23.3 Å². The van der Waals surface area contributed by atoms with Gasteiger partial charge in [0.25, 0.3) is 0 Å². The topological polar surface area (TPSA) is 71.2 Å². The molecule has 0 fully saturated rings. The molecule has 0 aliphatic carbocycles. The van der Waals surface area contributed by atoms with Crippen molar-refractivity contribution >= 4 is 45.2 Å². The van der Waals surface area contributed by atoms with Gasteiger partial charge >= 0.3 is 6.03 Å². The van der Waals surface area contributed by atoms with Crippen LogP contribution in [0, 0.1) is 0 Å². The molecule has 3 N–H and O–H groups in total. The molecule has 1 aromatic carbocycles. The molecule has 1 heterocycles. The molecule has 0 saturated carbocycles. The van der Waals surface area contributed by atoms with Gasteiger partial charge in [-0.05, 0) is 24.1 Å². The smallest absolute Gasteiger partial charge is 0.322 e. The minimum atomic E-state index is -0.551. The third-order valence-electron chi connectivity index (χ3n) is 2.85. The maximum atomic E-state index is 10.9. The van der Waals surface area contributed by atoms with E-state index >= 15 is 0 Å². The van der Waals surface area contributed by atoms with E-state index < -0.39 is 6.03 Å². The molecule has 2 amide bonds. The average molecular weight is 324 g/mol. The van der Waals surface area contributed by atoms with Gasteiger partial charge in [0, 0.05) is 19.5 Å². The molecule has 114 valence electrons. The van der Waals surface area contributed by atoms with Gasteiger partial charge in [-0.25, -0.2) is 9.78 Å². The summed E-state index contributed by atoms with van der Waals surface area (Å²) < 4.78 is 3.68. The molecule has 21 heavy (non-hydrogen) atoms. The fourth-order valence-electron chi connectivity index (χ4n) is 1.80. The number of anilines is 1. The van der Waals surface area contributed by atoms with E-state index in [0.717, 1.165) is 25.8 Å². The summed E-state index contributed by atoms with van der Waals surface area (Å²) in [6, 6.07) is 3.55. The van der Waals surface area contributed by atoms with E-state index in [0.29, 0.717) is 0 Å². The van der Waals surface area contributed by atoms with E-state index in [4.69, 9.17) is 10.7 Å². The van der Waals surface area contributed by atoms with Crippen molar-refractivity contribution in [2.75, 3.05) is 19.0 Å². The Morgan fingerprint density at radius 2 is 2.05 bits per heavy atom. The zero-order chi connectivity index (χ0) is 15.8. The number of benzene rings is 1. The van der Waals surface area contributed by atoms with Crippen molar-refractivity contribution in [3.05, 3.63) is 17.1 Å². The van der Waals surface area contributed by atoms with E-state index in [1.165, 1.54) is 11.9 Å². The first-order valence-corrected chi connectivity index (χ1v) is 8.16. The lowest BCUT2D eigenvalue weighted by Crippen LogP contribution is -2.23. The van der Waals surface area contributed by atoms with E-state index in [2.05, 4.69) is 31.6 Å². The van der Waals surface area contributed by atoms with Crippen LogP contribution in [0.1, 0.15) is 25.8 Å². The van der Waals surface area contributed by atoms with Crippen LogP contribution in [-0.2, 0) is 5.41 Å². The van der Waals surface area contributed by atoms with Crippen LogP contribution in [0.5, 0.6) is 0 Å². The fourth-order valence-corrected chi connectivity index (χ4v) is 3.65. The van der Waals surface area contributed by atoms with Gasteiger partial charge in [-0.3, -0.25) is 4.72 Å². The number of urea groups is 1. The number of hydrogen-bond donors (Lipinski definition) is 2. The van der Waals surface area contributed by atoms with E-state index in [1.807, 2.05) is 25.1 Å². The van der Waals surface area contributed by atoms with Gasteiger partial charge in [-0.2, -0.15) is 0 Å². The summed E-state index contributed by atoms with van der Waals surface area (Å²) in [6.45, 7) is 6.46. The summed E-state index contributed by atoms with van der Waals surface area (Å²) in [4.78, 5) is 18.6. The second kappa shape index (κ2) is 5.73. The molecule has 2 rings (SSSR count). The van der Waals surface area contributed by atoms with Gasteiger partial charge in [0.15, 0.2) is 0 Å². The van der Waals surface area contributed by atoms with Crippen molar-refractivity contribution in [3.8, 4) is 0 Å². The number of nitrogens with zero attached hydrogens (tertiary/aromatic N) is 2. The van der Waals surface area contributed by atoms with Gasteiger partial charge in [0.2, 0.25) is 0 Å². The maximum absolute atomic E-state index is 10.9.